The van der Waals surface area contributed by atoms with Crippen LogP contribution < -0.4 is 56.2 Å². The molecule has 3 rings (SSSR count). The fourth-order valence-corrected chi connectivity index (χ4v) is 2.42. The maximum absolute atomic E-state index is 8.49. The van der Waals surface area contributed by atoms with Crippen molar-refractivity contribution in [2.75, 3.05) is 52.9 Å². The van der Waals surface area contributed by atoms with Crippen molar-refractivity contribution in [3.63, 3.8) is 0 Å². The smallest absolute Gasteiger partial charge is 0.487 e. The monoisotopic (exact) mass is 598 g/mol. The average Bonchev–Trinajstić information content (AvgIpc) is 2.77. The molecule has 2 aromatic carbocycles. The number of para-hydroxylation sites is 4. The van der Waals surface area contributed by atoms with E-state index in [0.717, 1.165) is 0 Å². The van der Waals surface area contributed by atoms with Gasteiger partial charge in [-0.25, -0.2) is 37.3 Å². The molecule has 37 heavy (non-hydrogen) atoms. The summed E-state index contributed by atoms with van der Waals surface area (Å²) < 4.78 is 102. The Bertz CT molecular complexity index is 715. The Kier molecular flexibility index (Phi) is 19.6. The summed E-state index contributed by atoms with van der Waals surface area (Å²) in [5, 5.41) is 0. The molecule has 0 bridgehead atoms. The van der Waals surface area contributed by atoms with E-state index in [4.69, 9.17) is 65.7 Å². The third kappa shape index (κ3) is 22.7. The summed E-state index contributed by atoms with van der Waals surface area (Å²) >= 11 is 0. The fraction of sp³-hybridized carbons (Fsp3) is 0.400. The Hall–Kier alpha value is -0.920. The van der Waals surface area contributed by atoms with Gasteiger partial charge in [0.15, 0.2) is 23.0 Å². The van der Waals surface area contributed by atoms with Crippen LogP contribution in [0, 0.1) is 20.5 Å². The molecular formula is C20H24CaCl2O14. The van der Waals surface area contributed by atoms with E-state index >= 15 is 0 Å². The summed E-state index contributed by atoms with van der Waals surface area (Å²) in [6.07, 6.45) is 0. The Morgan fingerprint density at radius 2 is 0.595 bits per heavy atom. The minimum Gasteiger partial charge on any atom is -0.487 e. The molecule has 2 aromatic rings. The van der Waals surface area contributed by atoms with Crippen LogP contribution in [0.15, 0.2) is 48.5 Å². The predicted molar refractivity (Wildman–Crippen MR) is 102 cm³/mol. The van der Waals surface area contributed by atoms with Crippen LogP contribution in [0.25, 0.3) is 0 Å². The molecule has 0 fully saturated rings. The molecule has 0 saturated carbocycles. The number of fused-ring (bicyclic) bond motifs is 2. The minimum absolute atomic E-state index is 0. The molecule has 204 valence electrons. The summed E-state index contributed by atoms with van der Waals surface area (Å²) in [5.74, 6) is 2.80. The maximum Gasteiger partial charge on any atom is 2.00 e. The molecule has 0 saturated heterocycles. The van der Waals surface area contributed by atoms with E-state index in [0.29, 0.717) is 75.9 Å². The van der Waals surface area contributed by atoms with Crippen LogP contribution in [0.1, 0.15) is 0 Å². The summed E-state index contributed by atoms with van der Waals surface area (Å²) in [6, 6.07) is 15.2. The van der Waals surface area contributed by atoms with Gasteiger partial charge in [0.25, 0.3) is 0 Å². The molecule has 0 spiro atoms. The van der Waals surface area contributed by atoms with Crippen LogP contribution in [0.5, 0.6) is 23.0 Å². The SMILES string of the molecule is [Ca+2].[O-][Cl+3]([O-])([O-])[O-].[O-][Cl+3]([O-])([O-])[O-].c1ccc2c(c1)OCCOCCOc1ccccc1OCCOCCO2. The molecule has 1 aliphatic rings. The molecule has 1 heterocycles. The summed E-state index contributed by atoms with van der Waals surface area (Å²) in [4.78, 5) is 0. The van der Waals surface area contributed by atoms with Gasteiger partial charge in [0.05, 0.1) is 26.4 Å². The first kappa shape index (κ1) is 36.1. The van der Waals surface area contributed by atoms with Gasteiger partial charge in [0.1, 0.15) is 26.4 Å². The number of ether oxygens (including phenoxy) is 6. The molecule has 0 aromatic heterocycles. The average molecular weight is 599 g/mol. The summed E-state index contributed by atoms with van der Waals surface area (Å²) in [6.45, 7) is 3.65. The molecule has 1 aliphatic heterocycles. The van der Waals surface area contributed by atoms with Gasteiger partial charge in [0.2, 0.25) is 0 Å². The zero-order valence-electron chi connectivity index (χ0n) is 19.5. The van der Waals surface area contributed by atoms with E-state index in [9.17, 15) is 0 Å². The normalized spacial score (nSPS) is 15.1. The van der Waals surface area contributed by atoms with Crippen LogP contribution in [0.4, 0.5) is 0 Å². The molecule has 0 amide bonds. The van der Waals surface area contributed by atoms with Gasteiger partial charge in [-0.3, -0.25) is 0 Å². The van der Waals surface area contributed by atoms with Crippen molar-refractivity contribution in [2.45, 2.75) is 0 Å². The number of rotatable bonds is 0. The molecule has 0 atom stereocenters. The van der Waals surface area contributed by atoms with Crippen molar-refractivity contribution in [1.82, 2.24) is 0 Å². The zero-order valence-corrected chi connectivity index (χ0v) is 23.2. The van der Waals surface area contributed by atoms with Crippen molar-refractivity contribution < 1.29 is 86.2 Å². The van der Waals surface area contributed by atoms with Gasteiger partial charge in [-0.05, 0) is 24.3 Å². The standard InChI is InChI=1S/C20H24O6.Ca.2ClHO4/c1-2-6-18-17(5-1)23-13-9-21-11-15-25-19-7-3-4-8-20(19)26-16-12-22-10-14-24-18;;2*2-1(3,4)5/h1-8H,9-16H2;;2*(H,2,3,4,5)/q;+2;;/p-2. The van der Waals surface area contributed by atoms with Gasteiger partial charge < -0.3 is 28.4 Å². The van der Waals surface area contributed by atoms with Crippen LogP contribution >= 0.6 is 0 Å². The number of hydrogen-bond donors (Lipinski definition) is 0. The molecule has 0 unspecified atom stereocenters. The number of hydrogen-bond acceptors (Lipinski definition) is 14. The van der Waals surface area contributed by atoms with Gasteiger partial charge in [-0.1, -0.05) is 24.3 Å². The molecule has 0 N–H and O–H groups in total. The molecular weight excluding hydrogens is 575 g/mol. The number of halogens is 2. The third-order valence-corrected chi connectivity index (χ3v) is 3.64. The Balaban J connectivity index is 0.00000101. The van der Waals surface area contributed by atoms with Crippen LogP contribution in [-0.2, 0) is 9.47 Å². The van der Waals surface area contributed by atoms with E-state index in [1.165, 1.54) is 0 Å². The Morgan fingerprint density at radius 1 is 0.405 bits per heavy atom. The maximum atomic E-state index is 8.49. The second-order valence-electron chi connectivity index (χ2n) is 6.27. The topological polar surface area (TPSA) is 240 Å². The summed E-state index contributed by atoms with van der Waals surface area (Å²) in [5.41, 5.74) is 0. The van der Waals surface area contributed by atoms with E-state index in [2.05, 4.69) is 0 Å². The van der Waals surface area contributed by atoms with Gasteiger partial charge in [-0.2, -0.15) is 0 Å². The Labute approximate surface area is 246 Å². The van der Waals surface area contributed by atoms with Crippen LogP contribution in [0.3, 0.4) is 0 Å². The first-order valence-electron chi connectivity index (χ1n) is 10.0. The van der Waals surface area contributed by atoms with Crippen molar-refractivity contribution in [3.8, 4) is 23.0 Å². The molecule has 0 aliphatic carbocycles. The summed E-state index contributed by atoms with van der Waals surface area (Å²) in [7, 11) is -9.89. The van der Waals surface area contributed by atoms with E-state index in [-0.39, 0.29) is 37.7 Å². The van der Waals surface area contributed by atoms with Crippen molar-refractivity contribution in [3.05, 3.63) is 48.5 Å². The first-order chi connectivity index (χ1) is 16.9. The first-order valence-corrected chi connectivity index (χ1v) is 12.5. The second kappa shape index (κ2) is 20.0. The van der Waals surface area contributed by atoms with Gasteiger partial charge >= 0.3 is 37.7 Å². The van der Waals surface area contributed by atoms with E-state index in [1.807, 2.05) is 48.5 Å². The number of benzene rings is 2. The largest absolute Gasteiger partial charge is 2.00 e. The zero-order chi connectivity index (χ0) is 26.9. The quantitative estimate of drug-likeness (QED) is 0.256. The molecule has 17 heteroatoms. The van der Waals surface area contributed by atoms with Crippen molar-refractivity contribution in [2.24, 2.45) is 0 Å². The van der Waals surface area contributed by atoms with Crippen molar-refractivity contribution >= 4 is 37.7 Å². The van der Waals surface area contributed by atoms with E-state index < -0.39 is 20.5 Å². The Morgan fingerprint density at radius 3 is 0.784 bits per heavy atom. The van der Waals surface area contributed by atoms with Gasteiger partial charge in [-0.15, -0.1) is 20.5 Å². The minimum atomic E-state index is -4.94. The molecule has 0 radical (unpaired) electrons. The van der Waals surface area contributed by atoms with Gasteiger partial charge in [0, 0.05) is 0 Å². The van der Waals surface area contributed by atoms with Crippen LogP contribution in [-0.4, -0.2) is 90.6 Å². The molecule has 14 nitrogen and oxygen atoms in total. The van der Waals surface area contributed by atoms with Crippen LogP contribution in [0.2, 0.25) is 0 Å². The van der Waals surface area contributed by atoms with E-state index in [1.54, 1.807) is 0 Å². The second-order valence-corrected chi connectivity index (χ2v) is 7.78. The predicted octanol–water partition coefficient (Wildman–Crippen LogP) is -6.94. The third-order valence-electron chi connectivity index (χ3n) is 3.64. The van der Waals surface area contributed by atoms with Crippen molar-refractivity contribution in [1.29, 1.82) is 0 Å². The fourth-order valence-electron chi connectivity index (χ4n) is 2.42.